The van der Waals surface area contributed by atoms with Gasteiger partial charge in [0.1, 0.15) is 5.15 Å². The van der Waals surface area contributed by atoms with Crippen LogP contribution in [0.3, 0.4) is 0 Å². The third-order valence-corrected chi connectivity index (χ3v) is 6.06. The first-order chi connectivity index (χ1) is 9.46. The topological polar surface area (TPSA) is 79.4 Å². The number of nitrogens with one attached hydrogen (secondary N) is 1. The average Bonchev–Trinajstić information content (AvgIpc) is 3.09. The highest BCUT2D eigenvalue weighted by molar-refractivity contribution is 7.90. The third kappa shape index (κ3) is 2.65. The van der Waals surface area contributed by atoms with Gasteiger partial charge in [-0.3, -0.25) is 4.79 Å². The number of anilines is 1. The molecule has 2 aliphatic rings. The zero-order valence-electron chi connectivity index (χ0n) is 10.6. The normalized spacial score (nSPS) is 20.4. The summed E-state index contributed by atoms with van der Waals surface area (Å²) in [6, 6.07) is 3.19. The molecule has 0 spiro atoms. The van der Waals surface area contributed by atoms with Crippen molar-refractivity contribution in [1.29, 1.82) is 0 Å². The Balaban J connectivity index is 1.56. The number of hydrogen-bond donors (Lipinski definition) is 1. The minimum Gasteiger partial charge on any atom is -0.326 e. The number of pyridine rings is 1. The summed E-state index contributed by atoms with van der Waals surface area (Å²) >= 11 is 5.73. The molecule has 1 aromatic heterocycles. The predicted octanol–water partition coefficient (Wildman–Crippen LogP) is 1.10. The van der Waals surface area contributed by atoms with Crippen molar-refractivity contribution in [3.05, 3.63) is 23.5 Å². The van der Waals surface area contributed by atoms with Crippen LogP contribution in [-0.2, 0) is 14.8 Å². The molecule has 2 heterocycles. The lowest BCUT2D eigenvalue weighted by Crippen LogP contribution is -2.55. The van der Waals surface area contributed by atoms with E-state index in [1.54, 1.807) is 12.1 Å². The molecule has 1 saturated heterocycles. The van der Waals surface area contributed by atoms with E-state index in [4.69, 9.17) is 11.6 Å². The van der Waals surface area contributed by atoms with Gasteiger partial charge in [-0.1, -0.05) is 11.6 Å². The van der Waals surface area contributed by atoms with Gasteiger partial charge in [-0.15, -0.1) is 0 Å². The first-order valence-electron chi connectivity index (χ1n) is 6.38. The van der Waals surface area contributed by atoms with E-state index in [0.29, 0.717) is 10.8 Å². The smallest absolute Gasteiger partial charge is 0.230 e. The SMILES string of the molecule is O=C(Nc1ccnc(Cl)c1)C1CN(S(=O)(=O)C2CC2)C1. The van der Waals surface area contributed by atoms with E-state index in [9.17, 15) is 13.2 Å². The van der Waals surface area contributed by atoms with Crippen molar-refractivity contribution in [3.63, 3.8) is 0 Å². The first kappa shape index (κ1) is 13.8. The standard InChI is InChI=1S/C12H14ClN3O3S/c13-11-5-9(3-4-14-11)15-12(17)8-6-16(7-8)20(18,19)10-1-2-10/h3-5,8,10H,1-2,6-7H2,(H,14,15,17). The van der Waals surface area contributed by atoms with Gasteiger partial charge in [-0.25, -0.2) is 13.4 Å². The number of halogens is 1. The maximum absolute atomic E-state index is 12.0. The number of aromatic nitrogens is 1. The number of hydrogen-bond acceptors (Lipinski definition) is 4. The molecule has 20 heavy (non-hydrogen) atoms. The number of rotatable bonds is 4. The third-order valence-electron chi connectivity index (χ3n) is 3.52. The van der Waals surface area contributed by atoms with Crippen LogP contribution in [0.1, 0.15) is 12.8 Å². The highest BCUT2D eigenvalue weighted by Gasteiger charge is 2.46. The van der Waals surface area contributed by atoms with Gasteiger partial charge < -0.3 is 5.32 Å². The van der Waals surface area contributed by atoms with Crippen LogP contribution in [0.4, 0.5) is 5.69 Å². The van der Waals surface area contributed by atoms with Crippen molar-refractivity contribution < 1.29 is 13.2 Å². The van der Waals surface area contributed by atoms with Gasteiger partial charge in [-0.05, 0) is 25.0 Å². The first-order valence-corrected chi connectivity index (χ1v) is 8.26. The molecule has 6 nitrogen and oxygen atoms in total. The Morgan fingerprint density at radius 3 is 2.70 bits per heavy atom. The van der Waals surface area contributed by atoms with Crippen LogP contribution in [0.15, 0.2) is 18.3 Å². The Kier molecular flexibility index (Phi) is 3.43. The molecule has 3 rings (SSSR count). The van der Waals surface area contributed by atoms with E-state index in [0.717, 1.165) is 12.8 Å². The second-order valence-corrected chi connectivity index (χ2v) is 7.71. The van der Waals surface area contributed by atoms with Crippen molar-refractivity contribution in [1.82, 2.24) is 9.29 Å². The Bertz CT molecular complexity index is 639. The van der Waals surface area contributed by atoms with E-state index in [2.05, 4.69) is 10.3 Å². The molecule has 1 N–H and O–H groups in total. The largest absolute Gasteiger partial charge is 0.326 e. The lowest BCUT2D eigenvalue weighted by molar-refractivity contribution is -0.122. The molecule has 0 radical (unpaired) electrons. The van der Waals surface area contributed by atoms with Gasteiger partial charge in [0.05, 0.1) is 11.2 Å². The summed E-state index contributed by atoms with van der Waals surface area (Å²) in [5.74, 6) is -0.482. The van der Waals surface area contributed by atoms with Crippen molar-refractivity contribution in [3.8, 4) is 0 Å². The van der Waals surface area contributed by atoms with E-state index in [1.165, 1.54) is 10.5 Å². The fourth-order valence-electron chi connectivity index (χ4n) is 2.11. The summed E-state index contributed by atoms with van der Waals surface area (Å²) in [7, 11) is -3.15. The van der Waals surface area contributed by atoms with Gasteiger partial charge in [0, 0.05) is 25.0 Å². The lowest BCUT2D eigenvalue weighted by Gasteiger charge is -2.37. The van der Waals surface area contributed by atoms with Crippen LogP contribution in [0.25, 0.3) is 0 Å². The summed E-state index contributed by atoms with van der Waals surface area (Å²) < 4.78 is 25.2. The van der Waals surface area contributed by atoms with Gasteiger partial charge >= 0.3 is 0 Å². The Morgan fingerprint density at radius 1 is 1.40 bits per heavy atom. The van der Waals surface area contributed by atoms with Crippen molar-refractivity contribution in [2.24, 2.45) is 5.92 Å². The Labute approximate surface area is 122 Å². The van der Waals surface area contributed by atoms with E-state index < -0.39 is 10.0 Å². The fourth-order valence-corrected chi connectivity index (χ4v) is 4.22. The molecular formula is C12H14ClN3O3S. The van der Waals surface area contributed by atoms with Gasteiger partial charge in [0.2, 0.25) is 15.9 Å². The summed E-state index contributed by atoms with van der Waals surface area (Å²) in [4.78, 5) is 15.8. The summed E-state index contributed by atoms with van der Waals surface area (Å²) in [5.41, 5.74) is 0.568. The molecule has 8 heteroatoms. The molecule has 1 saturated carbocycles. The molecular weight excluding hydrogens is 302 g/mol. The van der Waals surface area contributed by atoms with Gasteiger partial charge in [0.15, 0.2) is 0 Å². The average molecular weight is 316 g/mol. The Morgan fingerprint density at radius 2 is 2.10 bits per heavy atom. The van der Waals surface area contributed by atoms with Crippen molar-refractivity contribution >= 4 is 33.2 Å². The minimum absolute atomic E-state index is 0.186. The maximum atomic E-state index is 12.0. The number of nitrogens with zero attached hydrogens (tertiary/aromatic N) is 2. The van der Waals surface area contributed by atoms with Crippen LogP contribution in [0.5, 0.6) is 0 Å². The van der Waals surface area contributed by atoms with E-state index in [1.807, 2.05) is 0 Å². The lowest BCUT2D eigenvalue weighted by atomic mass is 10.0. The zero-order chi connectivity index (χ0) is 14.3. The summed E-state index contributed by atoms with van der Waals surface area (Å²) in [5, 5.41) is 2.80. The fraction of sp³-hybridized carbons (Fsp3) is 0.500. The predicted molar refractivity (Wildman–Crippen MR) is 74.9 cm³/mol. The van der Waals surface area contributed by atoms with Crippen LogP contribution in [0.2, 0.25) is 5.15 Å². The molecule has 1 aliphatic heterocycles. The number of carbonyl (C=O) groups excluding carboxylic acids is 1. The number of carbonyl (C=O) groups is 1. The van der Waals surface area contributed by atoms with Crippen LogP contribution in [0, 0.1) is 5.92 Å². The van der Waals surface area contributed by atoms with Crippen molar-refractivity contribution in [2.45, 2.75) is 18.1 Å². The maximum Gasteiger partial charge on any atom is 0.230 e. The van der Waals surface area contributed by atoms with Crippen molar-refractivity contribution in [2.75, 3.05) is 18.4 Å². The van der Waals surface area contributed by atoms with Crippen LogP contribution < -0.4 is 5.32 Å². The minimum atomic E-state index is -3.15. The molecule has 108 valence electrons. The van der Waals surface area contributed by atoms with E-state index in [-0.39, 0.29) is 30.2 Å². The molecule has 0 bridgehead atoms. The molecule has 0 atom stereocenters. The second-order valence-electron chi connectivity index (χ2n) is 5.11. The van der Waals surface area contributed by atoms with Crippen LogP contribution in [-0.4, -0.2) is 42.0 Å². The molecule has 1 aliphatic carbocycles. The number of sulfonamides is 1. The van der Waals surface area contributed by atoms with Crippen LogP contribution >= 0.6 is 11.6 Å². The Hall–Kier alpha value is -1.18. The molecule has 2 fully saturated rings. The highest BCUT2D eigenvalue weighted by atomic mass is 35.5. The second kappa shape index (κ2) is 4.98. The molecule has 1 aromatic rings. The quantitative estimate of drug-likeness (QED) is 0.844. The molecule has 0 unspecified atom stereocenters. The molecule has 1 amide bonds. The van der Waals surface area contributed by atoms with Gasteiger partial charge in [0.25, 0.3) is 0 Å². The zero-order valence-corrected chi connectivity index (χ0v) is 12.2. The monoisotopic (exact) mass is 315 g/mol. The molecule has 0 aromatic carbocycles. The highest BCUT2D eigenvalue weighted by Crippen LogP contribution is 2.34. The summed E-state index contributed by atoms with van der Waals surface area (Å²) in [6.45, 7) is 0.535. The summed E-state index contributed by atoms with van der Waals surface area (Å²) in [6.07, 6.45) is 2.99. The number of amides is 1. The van der Waals surface area contributed by atoms with E-state index >= 15 is 0 Å². The van der Waals surface area contributed by atoms with Gasteiger partial charge in [-0.2, -0.15) is 4.31 Å².